The molecule has 0 spiro atoms. The molecule has 18 heavy (non-hydrogen) atoms. The Morgan fingerprint density at radius 2 is 1.83 bits per heavy atom. The van der Waals surface area contributed by atoms with Gasteiger partial charge in [-0.15, -0.1) is 0 Å². The molecule has 1 aromatic heterocycles. The molecule has 92 valence electrons. The number of nitrogens with one attached hydrogen (secondary N) is 1. The van der Waals surface area contributed by atoms with Gasteiger partial charge in [-0.2, -0.15) is 5.10 Å². The van der Waals surface area contributed by atoms with E-state index >= 15 is 0 Å². The molecule has 0 amide bonds. The minimum absolute atomic E-state index is 0.185. The molecule has 0 aliphatic carbocycles. The smallest absolute Gasteiger partial charge is 0.243 e. The number of nitrogens with zero attached hydrogens (tertiary/aromatic N) is 3. The van der Waals surface area contributed by atoms with E-state index in [1.807, 2.05) is 26.0 Å². The molecule has 1 heterocycles. The van der Waals surface area contributed by atoms with Crippen molar-refractivity contribution < 1.29 is 5.11 Å². The van der Waals surface area contributed by atoms with Crippen molar-refractivity contribution in [1.29, 1.82) is 0 Å². The van der Waals surface area contributed by atoms with E-state index in [0.717, 1.165) is 11.4 Å². The zero-order valence-electron chi connectivity index (χ0n) is 10.3. The standard InChI is InChI=1S/C13H14N4O/c1-9-7-10(2)16-13(15-9)17-14-8-11-5-3-4-6-12(11)18/h3-8,18H,1-2H3,(H,15,16,17)/b14-8-. The lowest BCUT2D eigenvalue weighted by molar-refractivity contribution is 0.474. The van der Waals surface area contributed by atoms with Crippen LogP contribution in [-0.4, -0.2) is 21.3 Å². The predicted molar refractivity (Wildman–Crippen MR) is 70.8 cm³/mol. The van der Waals surface area contributed by atoms with Crippen molar-refractivity contribution in [2.75, 3.05) is 5.43 Å². The number of aromatic hydroxyl groups is 1. The van der Waals surface area contributed by atoms with E-state index < -0.39 is 0 Å². The molecule has 0 atom stereocenters. The van der Waals surface area contributed by atoms with Crippen LogP contribution in [0, 0.1) is 13.8 Å². The Morgan fingerprint density at radius 1 is 1.17 bits per heavy atom. The first-order valence-corrected chi connectivity index (χ1v) is 5.54. The van der Waals surface area contributed by atoms with Crippen LogP contribution in [0.5, 0.6) is 5.75 Å². The van der Waals surface area contributed by atoms with Gasteiger partial charge >= 0.3 is 0 Å². The molecule has 0 saturated heterocycles. The zero-order chi connectivity index (χ0) is 13.0. The van der Waals surface area contributed by atoms with E-state index in [2.05, 4.69) is 20.5 Å². The number of hydrogen-bond acceptors (Lipinski definition) is 5. The third-order valence-electron chi connectivity index (χ3n) is 2.29. The maximum Gasteiger partial charge on any atom is 0.243 e. The number of rotatable bonds is 3. The molecule has 2 aromatic rings. The van der Waals surface area contributed by atoms with Gasteiger partial charge in [-0.25, -0.2) is 15.4 Å². The van der Waals surface area contributed by atoms with Crippen LogP contribution in [0.3, 0.4) is 0 Å². The number of aryl methyl sites for hydroxylation is 2. The van der Waals surface area contributed by atoms with E-state index in [-0.39, 0.29) is 5.75 Å². The first-order valence-electron chi connectivity index (χ1n) is 5.54. The van der Waals surface area contributed by atoms with Gasteiger partial charge in [0.15, 0.2) is 0 Å². The van der Waals surface area contributed by atoms with Crippen molar-refractivity contribution in [3.63, 3.8) is 0 Å². The number of hydrazone groups is 1. The van der Waals surface area contributed by atoms with Crippen LogP contribution in [0.15, 0.2) is 35.4 Å². The number of para-hydroxylation sites is 1. The van der Waals surface area contributed by atoms with Gasteiger partial charge in [0.1, 0.15) is 5.75 Å². The van der Waals surface area contributed by atoms with Crippen LogP contribution < -0.4 is 5.43 Å². The van der Waals surface area contributed by atoms with Crippen molar-refractivity contribution >= 4 is 12.2 Å². The molecule has 0 fully saturated rings. The topological polar surface area (TPSA) is 70.4 Å². The van der Waals surface area contributed by atoms with Gasteiger partial charge in [0, 0.05) is 17.0 Å². The highest BCUT2D eigenvalue weighted by atomic mass is 16.3. The fourth-order valence-corrected chi connectivity index (χ4v) is 1.53. The number of benzene rings is 1. The fourth-order valence-electron chi connectivity index (χ4n) is 1.53. The highest BCUT2D eigenvalue weighted by molar-refractivity contribution is 5.83. The molecule has 5 nitrogen and oxygen atoms in total. The summed E-state index contributed by atoms with van der Waals surface area (Å²) < 4.78 is 0. The van der Waals surface area contributed by atoms with Crippen LogP contribution in [0.2, 0.25) is 0 Å². The molecule has 0 bridgehead atoms. The van der Waals surface area contributed by atoms with E-state index in [4.69, 9.17) is 0 Å². The number of phenolic OH excluding ortho intramolecular Hbond substituents is 1. The second kappa shape index (κ2) is 5.27. The summed E-state index contributed by atoms with van der Waals surface area (Å²) in [4.78, 5) is 8.38. The molecule has 5 heteroatoms. The maximum absolute atomic E-state index is 9.55. The average Bonchev–Trinajstić information content (AvgIpc) is 2.30. The van der Waals surface area contributed by atoms with Gasteiger partial charge in [0.25, 0.3) is 0 Å². The summed E-state index contributed by atoms with van der Waals surface area (Å²) in [5.74, 6) is 0.628. The van der Waals surface area contributed by atoms with E-state index in [0.29, 0.717) is 11.5 Å². The van der Waals surface area contributed by atoms with Crippen LogP contribution in [0.1, 0.15) is 17.0 Å². The van der Waals surface area contributed by atoms with Crippen LogP contribution in [-0.2, 0) is 0 Å². The minimum Gasteiger partial charge on any atom is -0.507 e. The maximum atomic E-state index is 9.55. The molecule has 2 rings (SSSR count). The molecule has 0 saturated carbocycles. The second-order valence-corrected chi connectivity index (χ2v) is 3.90. The molecular formula is C13H14N4O. The summed E-state index contributed by atoms with van der Waals surface area (Å²) in [7, 11) is 0. The minimum atomic E-state index is 0.185. The Hall–Kier alpha value is -2.43. The summed E-state index contributed by atoms with van der Waals surface area (Å²) in [6, 6.07) is 8.84. The van der Waals surface area contributed by atoms with Gasteiger partial charge in [0.2, 0.25) is 5.95 Å². The third kappa shape index (κ3) is 3.04. The summed E-state index contributed by atoms with van der Waals surface area (Å²) in [6.07, 6.45) is 1.52. The summed E-state index contributed by atoms with van der Waals surface area (Å²) >= 11 is 0. The lowest BCUT2D eigenvalue weighted by atomic mass is 10.2. The molecule has 2 N–H and O–H groups in total. The average molecular weight is 242 g/mol. The summed E-state index contributed by atoms with van der Waals surface area (Å²) in [6.45, 7) is 3.79. The van der Waals surface area contributed by atoms with E-state index in [9.17, 15) is 5.11 Å². The lowest BCUT2D eigenvalue weighted by Crippen LogP contribution is -1.99. The fraction of sp³-hybridized carbons (Fsp3) is 0.154. The number of anilines is 1. The largest absolute Gasteiger partial charge is 0.507 e. The van der Waals surface area contributed by atoms with Crippen LogP contribution in [0.25, 0.3) is 0 Å². The highest BCUT2D eigenvalue weighted by Crippen LogP contribution is 2.12. The predicted octanol–water partition coefficient (Wildman–Crippen LogP) is 2.25. The quantitative estimate of drug-likeness (QED) is 0.639. The number of phenols is 1. The number of hydrogen-bond donors (Lipinski definition) is 2. The zero-order valence-corrected chi connectivity index (χ0v) is 10.3. The van der Waals surface area contributed by atoms with Crippen molar-refractivity contribution in [2.45, 2.75) is 13.8 Å². The molecule has 1 aromatic carbocycles. The first kappa shape index (κ1) is 12.0. The SMILES string of the molecule is Cc1cc(C)nc(N/N=C\c2ccccc2O)n1. The van der Waals surface area contributed by atoms with Gasteiger partial charge in [-0.3, -0.25) is 0 Å². The molecule has 0 aliphatic heterocycles. The monoisotopic (exact) mass is 242 g/mol. The Morgan fingerprint density at radius 3 is 2.50 bits per heavy atom. The molecular weight excluding hydrogens is 228 g/mol. The van der Waals surface area contributed by atoms with E-state index in [1.165, 1.54) is 6.21 Å². The highest BCUT2D eigenvalue weighted by Gasteiger charge is 1.98. The van der Waals surface area contributed by atoms with Crippen molar-refractivity contribution in [3.8, 4) is 5.75 Å². The molecule has 0 aliphatic rings. The Balaban J connectivity index is 2.10. The molecule has 0 radical (unpaired) electrons. The van der Waals surface area contributed by atoms with E-state index in [1.54, 1.807) is 18.2 Å². The lowest BCUT2D eigenvalue weighted by Gasteiger charge is -2.01. The third-order valence-corrected chi connectivity index (χ3v) is 2.29. The second-order valence-electron chi connectivity index (χ2n) is 3.90. The van der Waals surface area contributed by atoms with Crippen LogP contribution >= 0.6 is 0 Å². The first-order chi connectivity index (χ1) is 8.65. The van der Waals surface area contributed by atoms with Crippen molar-refractivity contribution in [2.24, 2.45) is 5.10 Å². The van der Waals surface area contributed by atoms with Crippen molar-refractivity contribution in [3.05, 3.63) is 47.3 Å². The Labute approximate surface area is 105 Å². The summed E-state index contributed by atoms with van der Waals surface area (Å²) in [5.41, 5.74) is 5.13. The van der Waals surface area contributed by atoms with Gasteiger partial charge in [-0.05, 0) is 32.0 Å². The number of aromatic nitrogens is 2. The Bertz CT molecular complexity index is 561. The van der Waals surface area contributed by atoms with Gasteiger partial charge in [-0.1, -0.05) is 12.1 Å². The molecule has 0 unspecified atom stereocenters. The Kier molecular flexibility index (Phi) is 3.52. The van der Waals surface area contributed by atoms with Crippen molar-refractivity contribution in [1.82, 2.24) is 9.97 Å². The summed E-state index contributed by atoms with van der Waals surface area (Å²) in [5, 5.41) is 13.5. The van der Waals surface area contributed by atoms with Gasteiger partial charge in [0.05, 0.1) is 6.21 Å². The van der Waals surface area contributed by atoms with Crippen LogP contribution in [0.4, 0.5) is 5.95 Å². The normalized spacial score (nSPS) is 10.8. The van der Waals surface area contributed by atoms with Gasteiger partial charge < -0.3 is 5.11 Å².